The van der Waals surface area contributed by atoms with Crippen LogP contribution in [-0.2, 0) is 14.3 Å². The van der Waals surface area contributed by atoms with Crippen LogP contribution in [-0.4, -0.2) is 110 Å². The monoisotopic (exact) mass is 856 g/mol. The van der Waals surface area contributed by atoms with Gasteiger partial charge in [-0.05, 0) is 51.4 Å². The number of allylic oxidation sites excluding steroid dienone is 4. The first-order valence-corrected chi connectivity index (χ1v) is 24.7. The molecule has 0 aromatic carbocycles. The Morgan fingerprint density at radius 3 is 1.48 bits per heavy atom. The van der Waals surface area contributed by atoms with Gasteiger partial charge in [0.1, 0.15) is 36.6 Å². The fourth-order valence-electron chi connectivity index (χ4n) is 7.87. The van der Waals surface area contributed by atoms with Gasteiger partial charge in [-0.1, -0.05) is 186 Å². The minimum Gasteiger partial charge on any atom is -0.394 e. The molecular weight excluding hydrogens is 763 g/mol. The Morgan fingerprint density at radius 2 is 1.00 bits per heavy atom. The molecular formula is C49H93NO10. The number of rotatable bonds is 41. The third kappa shape index (κ3) is 28.3. The summed E-state index contributed by atoms with van der Waals surface area (Å²) in [5.41, 5.74) is 0. The van der Waals surface area contributed by atoms with E-state index in [-0.39, 0.29) is 12.8 Å². The molecule has 9 atom stereocenters. The Morgan fingerprint density at radius 1 is 0.567 bits per heavy atom. The van der Waals surface area contributed by atoms with Crippen LogP contribution in [0.25, 0.3) is 0 Å². The third-order valence-corrected chi connectivity index (χ3v) is 12.0. The largest absolute Gasteiger partial charge is 0.394 e. The van der Waals surface area contributed by atoms with Crippen molar-refractivity contribution in [3.05, 3.63) is 24.3 Å². The topological polar surface area (TPSA) is 189 Å². The van der Waals surface area contributed by atoms with Gasteiger partial charge in [0, 0.05) is 0 Å². The summed E-state index contributed by atoms with van der Waals surface area (Å²) in [7, 11) is 0. The van der Waals surface area contributed by atoms with Gasteiger partial charge in [0.15, 0.2) is 6.29 Å². The minimum absolute atomic E-state index is 0.248. The van der Waals surface area contributed by atoms with Crippen molar-refractivity contribution < 1.29 is 50.0 Å². The van der Waals surface area contributed by atoms with Crippen molar-refractivity contribution in [2.45, 2.75) is 268 Å². The van der Waals surface area contributed by atoms with Gasteiger partial charge in [-0.25, -0.2) is 0 Å². The second kappa shape index (κ2) is 39.2. The van der Waals surface area contributed by atoms with E-state index < -0.39 is 74.2 Å². The zero-order valence-electron chi connectivity index (χ0n) is 38.2. The highest BCUT2D eigenvalue weighted by molar-refractivity contribution is 5.80. The second-order valence-electron chi connectivity index (χ2n) is 17.5. The standard InChI is InChI=1S/C49H93NO10/c1-3-5-7-9-11-13-15-17-19-21-23-24-26-28-30-32-34-36-41(52)44(54)40(39-59-49-47(57)46(56)45(55)43(38-51)60-49)50-48(58)42(53)37-35-33-31-29-27-25-22-20-18-16-14-12-10-8-6-4-2/h21,23,28,30,40-47,49,51-57H,3-20,22,24-27,29,31-39H2,1-2H3,(H,50,58)/b23-21+,30-28+. The van der Waals surface area contributed by atoms with Gasteiger partial charge in [-0.15, -0.1) is 0 Å². The maximum absolute atomic E-state index is 13.1. The van der Waals surface area contributed by atoms with Gasteiger partial charge in [-0.3, -0.25) is 4.79 Å². The highest BCUT2D eigenvalue weighted by Crippen LogP contribution is 2.23. The summed E-state index contributed by atoms with van der Waals surface area (Å²) < 4.78 is 11.1. The summed E-state index contributed by atoms with van der Waals surface area (Å²) in [5, 5.41) is 75.7. The first-order valence-electron chi connectivity index (χ1n) is 24.7. The SMILES string of the molecule is CCCCCCCCCC/C=C/CC/C=C/CCCC(O)C(O)C(COC1OC(CO)C(O)C(O)C1O)NC(=O)C(O)CCCCCCCCCCCCCCCCCC. The van der Waals surface area contributed by atoms with Gasteiger partial charge in [0.05, 0.1) is 25.4 Å². The first-order chi connectivity index (χ1) is 29.2. The maximum atomic E-state index is 13.1. The maximum Gasteiger partial charge on any atom is 0.249 e. The molecule has 0 aliphatic carbocycles. The number of unbranched alkanes of at least 4 members (excludes halogenated alkanes) is 25. The van der Waals surface area contributed by atoms with Crippen LogP contribution in [0, 0.1) is 0 Å². The minimum atomic E-state index is -1.67. The molecule has 60 heavy (non-hydrogen) atoms. The summed E-state index contributed by atoms with van der Waals surface area (Å²) in [5.74, 6) is -0.709. The van der Waals surface area contributed by atoms with Gasteiger partial charge in [0.2, 0.25) is 5.91 Å². The molecule has 0 radical (unpaired) electrons. The number of carbonyl (C=O) groups excluding carboxylic acids is 1. The number of nitrogens with one attached hydrogen (secondary N) is 1. The molecule has 1 aliphatic heterocycles. The zero-order valence-corrected chi connectivity index (χ0v) is 38.2. The summed E-state index contributed by atoms with van der Waals surface area (Å²) in [6, 6.07) is -1.19. The predicted molar refractivity (Wildman–Crippen MR) is 242 cm³/mol. The van der Waals surface area contributed by atoms with Crippen molar-refractivity contribution in [1.82, 2.24) is 5.32 Å². The van der Waals surface area contributed by atoms with Gasteiger partial charge in [-0.2, -0.15) is 0 Å². The lowest BCUT2D eigenvalue weighted by Gasteiger charge is -2.40. The Bertz CT molecular complexity index is 1030. The Balaban J connectivity index is 2.45. The lowest BCUT2D eigenvalue weighted by Crippen LogP contribution is -2.60. The van der Waals surface area contributed by atoms with Crippen molar-refractivity contribution in [1.29, 1.82) is 0 Å². The van der Waals surface area contributed by atoms with Crippen molar-refractivity contribution in [3.8, 4) is 0 Å². The van der Waals surface area contributed by atoms with Gasteiger partial charge < -0.3 is 50.5 Å². The van der Waals surface area contributed by atoms with E-state index in [0.29, 0.717) is 19.3 Å². The van der Waals surface area contributed by atoms with Crippen LogP contribution in [0.1, 0.15) is 213 Å². The van der Waals surface area contributed by atoms with Gasteiger partial charge in [0.25, 0.3) is 0 Å². The lowest BCUT2D eigenvalue weighted by molar-refractivity contribution is -0.303. The molecule has 0 spiro atoms. The summed E-state index contributed by atoms with van der Waals surface area (Å²) in [6.07, 6.45) is 32.2. The average molecular weight is 856 g/mol. The summed E-state index contributed by atoms with van der Waals surface area (Å²) in [4.78, 5) is 13.1. The molecule has 1 fully saturated rings. The molecule has 0 aromatic heterocycles. The van der Waals surface area contributed by atoms with Crippen LogP contribution in [0.4, 0.5) is 0 Å². The molecule has 11 heteroatoms. The number of amides is 1. The predicted octanol–water partition coefficient (Wildman–Crippen LogP) is 8.62. The van der Waals surface area contributed by atoms with E-state index in [0.717, 1.165) is 38.5 Å². The number of ether oxygens (including phenoxy) is 2. The van der Waals surface area contributed by atoms with Crippen molar-refractivity contribution in [2.75, 3.05) is 13.2 Å². The average Bonchev–Trinajstić information content (AvgIpc) is 3.25. The molecule has 0 bridgehead atoms. The van der Waals surface area contributed by atoms with Crippen molar-refractivity contribution in [2.24, 2.45) is 0 Å². The highest BCUT2D eigenvalue weighted by atomic mass is 16.7. The molecule has 0 saturated carbocycles. The molecule has 1 heterocycles. The molecule has 8 N–H and O–H groups in total. The number of aliphatic hydroxyl groups excluding tert-OH is 7. The Labute approximate surface area is 365 Å². The smallest absolute Gasteiger partial charge is 0.249 e. The van der Waals surface area contributed by atoms with Gasteiger partial charge >= 0.3 is 0 Å². The molecule has 354 valence electrons. The van der Waals surface area contributed by atoms with E-state index in [4.69, 9.17) is 9.47 Å². The molecule has 1 rings (SSSR count). The Hall–Kier alpha value is -1.41. The van der Waals surface area contributed by atoms with E-state index in [1.807, 2.05) is 0 Å². The first kappa shape index (κ1) is 56.6. The molecule has 11 nitrogen and oxygen atoms in total. The van der Waals surface area contributed by atoms with E-state index in [1.165, 1.54) is 128 Å². The molecule has 9 unspecified atom stereocenters. The van der Waals surface area contributed by atoms with E-state index in [1.54, 1.807) is 0 Å². The normalized spacial score (nSPS) is 21.8. The fourth-order valence-corrected chi connectivity index (χ4v) is 7.87. The second-order valence-corrected chi connectivity index (χ2v) is 17.5. The van der Waals surface area contributed by atoms with E-state index in [9.17, 15) is 40.5 Å². The molecule has 1 aliphatic rings. The summed E-state index contributed by atoms with van der Waals surface area (Å²) >= 11 is 0. The van der Waals surface area contributed by atoms with Crippen LogP contribution >= 0.6 is 0 Å². The lowest BCUT2D eigenvalue weighted by atomic mass is 9.98. The fraction of sp³-hybridized carbons (Fsp3) is 0.898. The number of carbonyl (C=O) groups is 1. The zero-order chi connectivity index (χ0) is 44.1. The van der Waals surface area contributed by atoms with Crippen molar-refractivity contribution >= 4 is 5.91 Å². The van der Waals surface area contributed by atoms with Crippen LogP contribution < -0.4 is 5.32 Å². The number of hydrogen-bond donors (Lipinski definition) is 8. The van der Waals surface area contributed by atoms with Crippen LogP contribution in [0.5, 0.6) is 0 Å². The van der Waals surface area contributed by atoms with E-state index in [2.05, 4.69) is 43.5 Å². The van der Waals surface area contributed by atoms with Crippen molar-refractivity contribution in [3.63, 3.8) is 0 Å². The molecule has 0 aromatic rings. The molecule has 1 saturated heterocycles. The highest BCUT2D eigenvalue weighted by Gasteiger charge is 2.44. The van der Waals surface area contributed by atoms with Crippen LogP contribution in [0.2, 0.25) is 0 Å². The summed E-state index contributed by atoms with van der Waals surface area (Å²) in [6.45, 7) is 3.43. The number of hydrogen-bond acceptors (Lipinski definition) is 10. The quantitative estimate of drug-likeness (QED) is 0.0218. The molecule has 1 amide bonds. The van der Waals surface area contributed by atoms with E-state index >= 15 is 0 Å². The van der Waals surface area contributed by atoms with Crippen LogP contribution in [0.3, 0.4) is 0 Å². The Kier molecular flexibility index (Phi) is 37.0. The third-order valence-electron chi connectivity index (χ3n) is 12.0. The van der Waals surface area contributed by atoms with Crippen LogP contribution in [0.15, 0.2) is 24.3 Å². The number of aliphatic hydroxyl groups is 7.